The average molecular weight is 300 g/mol. The minimum atomic E-state index is 0.809. The van der Waals surface area contributed by atoms with Gasteiger partial charge in [-0.05, 0) is 0 Å². The van der Waals surface area contributed by atoms with E-state index in [-0.39, 0.29) is 0 Å². The zero-order valence-electron chi connectivity index (χ0n) is 9.89. The van der Waals surface area contributed by atoms with Gasteiger partial charge in [0.05, 0.1) is 0 Å². The maximum atomic E-state index is 3.42. The summed E-state index contributed by atoms with van der Waals surface area (Å²) in [6.07, 6.45) is 8.66. The molecule has 0 saturated carbocycles. The molecular formula is C11H25InN2. The Morgan fingerprint density at radius 2 is 2.07 bits per heavy atom. The topological polar surface area (TPSA) is 15.3 Å². The standard InChI is InChI=1S/C11H23N2.In.2H/c1-2-3-4-5-6-7-9-13-10-8-12-11-13;;;/h9,12H,2-8,10-11H2,1H3;;;. The molecule has 1 fully saturated rings. The van der Waals surface area contributed by atoms with Crippen molar-refractivity contribution < 1.29 is 0 Å². The van der Waals surface area contributed by atoms with Crippen molar-refractivity contribution in [3.63, 3.8) is 0 Å². The molecule has 0 aromatic heterocycles. The molecule has 1 atom stereocenters. The van der Waals surface area contributed by atoms with Crippen LogP contribution in [0.5, 0.6) is 0 Å². The summed E-state index contributed by atoms with van der Waals surface area (Å²) in [7, 11) is 0. The van der Waals surface area contributed by atoms with E-state index in [0.717, 1.165) is 34.8 Å². The number of rotatable bonds is 7. The first kappa shape index (κ1) is 12.9. The summed E-state index contributed by atoms with van der Waals surface area (Å²) in [6, 6.07) is 0. The SMILES string of the molecule is CCCCCCC[CH]([InH2])N1CCNC1. The Morgan fingerprint density at radius 1 is 1.29 bits per heavy atom. The van der Waals surface area contributed by atoms with Gasteiger partial charge in [0.15, 0.2) is 0 Å². The Bertz CT molecular complexity index is 135. The summed E-state index contributed by atoms with van der Waals surface area (Å²) in [5.74, 6) is 0. The van der Waals surface area contributed by atoms with Crippen LogP contribution in [0.2, 0.25) is 0 Å². The fourth-order valence-corrected chi connectivity index (χ4v) is 4.55. The first-order valence-electron chi connectivity index (χ1n) is 6.29. The van der Waals surface area contributed by atoms with Gasteiger partial charge >= 0.3 is 104 Å². The zero-order valence-corrected chi connectivity index (χ0v) is 15.6. The van der Waals surface area contributed by atoms with Crippen molar-refractivity contribution in [1.29, 1.82) is 0 Å². The van der Waals surface area contributed by atoms with E-state index >= 15 is 0 Å². The van der Waals surface area contributed by atoms with E-state index in [0.29, 0.717) is 0 Å². The average Bonchev–Trinajstić information content (AvgIpc) is 2.70. The third-order valence-electron chi connectivity index (χ3n) is 3.24. The summed E-state index contributed by atoms with van der Waals surface area (Å²) < 4.78 is 0.994. The third kappa shape index (κ3) is 5.04. The van der Waals surface area contributed by atoms with Crippen molar-refractivity contribution in [2.45, 2.75) is 49.2 Å². The second-order valence-electron chi connectivity index (χ2n) is 4.52. The van der Waals surface area contributed by atoms with Gasteiger partial charge in [-0.25, -0.2) is 0 Å². The molecule has 14 heavy (non-hydrogen) atoms. The second-order valence-corrected chi connectivity index (χ2v) is 8.33. The summed E-state index contributed by atoms with van der Waals surface area (Å²) in [5.41, 5.74) is 0. The van der Waals surface area contributed by atoms with Crippen LogP contribution in [0, 0.1) is 0 Å². The summed E-state index contributed by atoms with van der Waals surface area (Å²) >= 11 is 0.809. The molecule has 0 spiro atoms. The predicted octanol–water partition coefficient (Wildman–Crippen LogP) is 1.17. The van der Waals surface area contributed by atoms with E-state index in [2.05, 4.69) is 17.1 Å². The first-order chi connectivity index (χ1) is 6.84. The Morgan fingerprint density at radius 3 is 2.71 bits per heavy atom. The molecule has 0 aromatic rings. The van der Waals surface area contributed by atoms with E-state index in [4.69, 9.17) is 0 Å². The molecule has 0 aromatic carbocycles. The molecule has 1 aliphatic heterocycles. The van der Waals surface area contributed by atoms with Crippen molar-refractivity contribution in [2.75, 3.05) is 19.8 Å². The molecule has 1 saturated heterocycles. The minimum absolute atomic E-state index is 0.809. The van der Waals surface area contributed by atoms with Crippen LogP contribution < -0.4 is 5.32 Å². The van der Waals surface area contributed by atoms with Crippen molar-refractivity contribution in [3.05, 3.63) is 0 Å². The Balaban J connectivity index is 1.94. The van der Waals surface area contributed by atoms with Crippen LogP contribution in [0.25, 0.3) is 0 Å². The molecule has 2 nitrogen and oxygen atoms in total. The Labute approximate surface area is 103 Å². The van der Waals surface area contributed by atoms with Crippen LogP contribution in [0.3, 0.4) is 0 Å². The molecule has 0 bridgehead atoms. The molecule has 1 N–H and O–H groups in total. The fourth-order valence-electron chi connectivity index (χ4n) is 2.13. The van der Waals surface area contributed by atoms with Crippen molar-refractivity contribution in [1.82, 2.24) is 10.2 Å². The molecule has 0 amide bonds. The summed E-state index contributed by atoms with van der Waals surface area (Å²) in [6.45, 7) is 5.96. The predicted molar refractivity (Wildman–Crippen MR) is 65.3 cm³/mol. The summed E-state index contributed by atoms with van der Waals surface area (Å²) in [4.78, 5) is 2.65. The van der Waals surface area contributed by atoms with Crippen LogP contribution in [0.15, 0.2) is 0 Å². The first-order valence-corrected chi connectivity index (χ1v) is 9.59. The van der Waals surface area contributed by atoms with E-state index in [1.807, 2.05) is 0 Å². The monoisotopic (exact) mass is 300 g/mol. The van der Waals surface area contributed by atoms with Crippen molar-refractivity contribution in [3.8, 4) is 0 Å². The number of nitrogens with one attached hydrogen (secondary N) is 1. The number of unbranched alkanes of at least 4 members (excludes halogenated alkanes) is 4. The molecule has 1 heterocycles. The van der Waals surface area contributed by atoms with Crippen LogP contribution in [0.4, 0.5) is 0 Å². The van der Waals surface area contributed by atoms with Gasteiger partial charge in [0.25, 0.3) is 0 Å². The molecule has 1 unspecified atom stereocenters. The molecule has 3 heteroatoms. The Hall–Kier alpha value is 0.790. The van der Waals surface area contributed by atoms with Crippen LogP contribution in [0.1, 0.15) is 45.4 Å². The van der Waals surface area contributed by atoms with Gasteiger partial charge in [0, 0.05) is 0 Å². The fraction of sp³-hybridized carbons (Fsp3) is 1.00. The van der Waals surface area contributed by atoms with Gasteiger partial charge in [-0.2, -0.15) is 0 Å². The number of nitrogens with zero attached hydrogens (tertiary/aromatic N) is 1. The maximum absolute atomic E-state index is 3.42. The van der Waals surface area contributed by atoms with E-state index in [1.54, 1.807) is 0 Å². The number of hydrogen-bond donors (Lipinski definition) is 1. The van der Waals surface area contributed by atoms with Gasteiger partial charge in [-0.1, -0.05) is 0 Å². The molecule has 1 aliphatic rings. The third-order valence-corrected chi connectivity index (χ3v) is 6.97. The van der Waals surface area contributed by atoms with Gasteiger partial charge < -0.3 is 0 Å². The van der Waals surface area contributed by atoms with E-state index in [9.17, 15) is 0 Å². The van der Waals surface area contributed by atoms with E-state index < -0.39 is 0 Å². The molecule has 82 valence electrons. The number of hydrogen-bond acceptors (Lipinski definition) is 2. The normalized spacial score (nSPS) is 20.1. The molecule has 1 rings (SSSR count). The molecule has 0 aliphatic carbocycles. The Kier molecular flexibility index (Phi) is 7.35. The van der Waals surface area contributed by atoms with Crippen LogP contribution >= 0.6 is 0 Å². The van der Waals surface area contributed by atoms with Crippen molar-refractivity contribution in [2.24, 2.45) is 0 Å². The van der Waals surface area contributed by atoms with Gasteiger partial charge in [-0.3, -0.25) is 0 Å². The van der Waals surface area contributed by atoms with Gasteiger partial charge in [0.1, 0.15) is 0 Å². The van der Waals surface area contributed by atoms with Gasteiger partial charge in [-0.15, -0.1) is 0 Å². The second kappa shape index (κ2) is 8.00. The summed E-state index contributed by atoms with van der Waals surface area (Å²) in [5, 5.41) is 3.42. The van der Waals surface area contributed by atoms with E-state index in [1.165, 1.54) is 51.6 Å². The van der Waals surface area contributed by atoms with Crippen LogP contribution in [-0.2, 0) is 0 Å². The quantitative estimate of drug-likeness (QED) is 0.710. The zero-order chi connectivity index (χ0) is 10.2. The molecular weight excluding hydrogens is 275 g/mol. The van der Waals surface area contributed by atoms with Crippen LogP contribution in [-0.4, -0.2) is 52.8 Å². The van der Waals surface area contributed by atoms with Crippen molar-refractivity contribution >= 4 is 24.4 Å². The molecule has 0 radical (unpaired) electrons. The van der Waals surface area contributed by atoms with Gasteiger partial charge in [0.2, 0.25) is 0 Å².